The van der Waals surface area contributed by atoms with Crippen molar-refractivity contribution in [2.24, 2.45) is 0 Å². The van der Waals surface area contributed by atoms with Gasteiger partial charge in [0.1, 0.15) is 0 Å². The highest BCUT2D eigenvalue weighted by Crippen LogP contribution is 2.21. The molecule has 5 nitrogen and oxygen atoms in total. The van der Waals surface area contributed by atoms with Gasteiger partial charge in [0.2, 0.25) is 0 Å². The van der Waals surface area contributed by atoms with E-state index in [9.17, 15) is 4.79 Å². The first-order valence-corrected chi connectivity index (χ1v) is 6.89. The minimum atomic E-state index is 0.0413. The number of amides is 1. The summed E-state index contributed by atoms with van der Waals surface area (Å²) in [4.78, 5) is 14.2. The number of likely N-dealkylation sites (tertiary alicyclic amines) is 1. The van der Waals surface area contributed by atoms with Crippen LogP contribution in [0.5, 0.6) is 0 Å². The van der Waals surface area contributed by atoms with Gasteiger partial charge in [0.25, 0.3) is 5.91 Å². The lowest BCUT2D eigenvalue weighted by Gasteiger charge is -2.35. The van der Waals surface area contributed by atoms with Crippen LogP contribution in [-0.2, 0) is 0 Å². The molecule has 1 unspecified atom stereocenters. The number of carbonyl (C=O) groups is 1. The summed E-state index contributed by atoms with van der Waals surface area (Å²) in [6.07, 6.45) is 4.43. The molecule has 0 aromatic carbocycles. The summed E-state index contributed by atoms with van der Waals surface area (Å²) in [7, 11) is 1.94. The molecule has 94 valence electrons. The molecule has 6 heteroatoms. The summed E-state index contributed by atoms with van der Waals surface area (Å²) in [5, 5.41) is 8.74. The van der Waals surface area contributed by atoms with Crippen LogP contribution in [0.1, 0.15) is 36.2 Å². The molecular weight excluding hydrogens is 236 g/mol. The Balaban J connectivity index is 2.03. The molecule has 1 saturated heterocycles. The number of hydrogen-bond acceptors (Lipinski definition) is 5. The van der Waals surface area contributed by atoms with Crippen LogP contribution in [0.4, 0.5) is 0 Å². The third kappa shape index (κ3) is 3.01. The van der Waals surface area contributed by atoms with Gasteiger partial charge in [-0.05, 0) is 50.8 Å². The molecule has 1 aliphatic rings. The van der Waals surface area contributed by atoms with Gasteiger partial charge in [-0.2, -0.15) is 0 Å². The Morgan fingerprint density at radius 3 is 3.24 bits per heavy atom. The van der Waals surface area contributed by atoms with E-state index in [-0.39, 0.29) is 5.91 Å². The van der Waals surface area contributed by atoms with Crippen LogP contribution in [0.15, 0.2) is 5.38 Å². The molecule has 1 aromatic rings. The summed E-state index contributed by atoms with van der Waals surface area (Å²) in [5.41, 5.74) is 0.492. The maximum Gasteiger partial charge on any atom is 0.275 e. The normalized spacial score (nSPS) is 20.5. The van der Waals surface area contributed by atoms with Crippen LogP contribution >= 0.6 is 11.5 Å². The Hall–Kier alpha value is -1.01. The molecule has 0 radical (unpaired) electrons. The monoisotopic (exact) mass is 254 g/mol. The number of piperidine rings is 1. The van der Waals surface area contributed by atoms with E-state index in [1.54, 1.807) is 5.38 Å². The Labute approximate surface area is 105 Å². The SMILES string of the molecule is CNCCC1CCCCN1C(=O)c1csnn1. The minimum Gasteiger partial charge on any atom is -0.334 e. The summed E-state index contributed by atoms with van der Waals surface area (Å²) in [5.74, 6) is 0.0413. The van der Waals surface area contributed by atoms with Crippen molar-refractivity contribution in [3.63, 3.8) is 0 Å². The zero-order chi connectivity index (χ0) is 12.1. The molecule has 1 aliphatic heterocycles. The van der Waals surface area contributed by atoms with Gasteiger partial charge in [-0.15, -0.1) is 5.10 Å². The maximum absolute atomic E-state index is 12.2. The lowest BCUT2D eigenvalue weighted by molar-refractivity contribution is 0.0596. The maximum atomic E-state index is 12.2. The van der Waals surface area contributed by atoms with E-state index in [0.29, 0.717) is 11.7 Å². The van der Waals surface area contributed by atoms with Gasteiger partial charge in [-0.1, -0.05) is 4.49 Å². The van der Waals surface area contributed by atoms with Crippen molar-refractivity contribution >= 4 is 17.4 Å². The number of rotatable bonds is 4. The fraction of sp³-hybridized carbons (Fsp3) is 0.727. The highest BCUT2D eigenvalue weighted by molar-refractivity contribution is 7.03. The number of aromatic nitrogens is 2. The quantitative estimate of drug-likeness (QED) is 0.875. The predicted molar refractivity (Wildman–Crippen MR) is 67.1 cm³/mol. The van der Waals surface area contributed by atoms with Gasteiger partial charge < -0.3 is 10.2 Å². The van der Waals surface area contributed by atoms with E-state index < -0.39 is 0 Å². The first-order chi connectivity index (χ1) is 8.33. The third-order valence-electron chi connectivity index (χ3n) is 3.19. The van der Waals surface area contributed by atoms with E-state index in [2.05, 4.69) is 14.9 Å². The molecule has 1 amide bonds. The highest BCUT2D eigenvalue weighted by Gasteiger charge is 2.28. The topological polar surface area (TPSA) is 58.1 Å². The number of nitrogens with one attached hydrogen (secondary N) is 1. The predicted octanol–water partition coefficient (Wildman–Crippen LogP) is 1.14. The second-order valence-corrected chi connectivity index (χ2v) is 4.94. The minimum absolute atomic E-state index is 0.0413. The van der Waals surface area contributed by atoms with Crippen LogP contribution in [0, 0.1) is 0 Å². The van der Waals surface area contributed by atoms with Crippen molar-refractivity contribution in [1.29, 1.82) is 0 Å². The Bertz CT molecular complexity index is 354. The zero-order valence-electron chi connectivity index (χ0n) is 10.1. The molecule has 17 heavy (non-hydrogen) atoms. The molecular formula is C11H18N4OS. The first kappa shape index (κ1) is 12.4. The second-order valence-electron chi connectivity index (χ2n) is 4.33. The lowest BCUT2D eigenvalue weighted by atomic mass is 9.99. The molecule has 0 aliphatic carbocycles. The van der Waals surface area contributed by atoms with Crippen LogP contribution in [-0.4, -0.2) is 46.6 Å². The second kappa shape index (κ2) is 6.07. The van der Waals surface area contributed by atoms with Crippen molar-refractivity contribution in [1.82, 2.24) is 19.8 Å². The van der Waals surface area contributed by atoms with Crippen LogP contribution in [0.3, 0.4) is 0 Å². The Morgan fingerprint density at radius 1 is 1.65 bits per heavy atom. The average molecular weight is 254 g/mol. The molecule has 0 bridgehead atoms. The fourth-order valence-corrected chi connectivity index (χ4v) is 2.71. The molecule has 2 heterocycles. The smallest absolute Gasteiger partial charge is 0.275 e. The van der Waals surface area contributed by atoms with Gasteiger partial charge >= 0.3 is 0 Å². The lowest BCUT2D eigenvalue weighted by Crippen LogP contribution is -2.44. The molecule has 0 spiro atoms. The van der Waals surface area contributed by atoms with Gasteiger partial charge in [0, 0.05) is 18.0 Å². The van der Waals surface area contributed by atoms with Crippen molar-refractivity contribution in [3.8, 4) is 0 Å². The number of hydrogen-bond donors (Lipinski definition) is 1. The van der Waals surface area contributed by atoms with E-state index >= 15 is 0 Å². The number of carbonyl (C=O) groups excluding carboxylic acids is 1. The van der Waals surface area contributed by atoms with Crippen LogP contribution in [0.2, 0.25) is 0 Å². The van der Waals surface area contributed by atoms with Gasteiger partial charge in [-0.25, -0.2) is 0 Å². The molecule has 1 atom stereocenters. The van der Waals surface area contributed by atoms with E-state index in [0.717, 1.165) is 32.4 Å². The van der Waals surface area contributed by atoms with Gasteiger partial charge in [0.15, 0.2) is 5.69 Å². The summed E-state index contributed by atoms with van der Waals surface area (Å²) in [6, 6.07) is 0.352. The van der Waals surface area contributed by atoms with Gasteiger partial charge in [-0.3, -0.25) is 4.79 Å². The Kier molecular flexibility index (Phi) is 4.44. The highest BCUT2D eigenvalue weighted by atomic mass is 32.1. The van der Waals surface area contributed by atoms with Crippen molar-refractivity contribution in [2.45, 2.75) is 31.7 Å². The average Bonchev–Trinajstić information content (AvgIpc) is 2.89. The van der Waals surface area contributed by atoms with E-state index in [1.807, 2.05) is 11.9 Å². The zero-order valence-corrected chi connectivity index (χ0v) is 10.9. The first-order valence-electron chi connectivity index (χ1n) is 6.05. The standard InChI is InChI=1S/C11H18N4OS/c1-12-6-5-9-4-2-3-7-15(9)11(16)10-8-17-14-13-10/h8-9,12H,2-7H2,1H3. The fourth-order valence-electron chi connectivity index (χ4n) is 2.28. The largest absolute Gasteiger partial charge is 0.334 e. The molecule has 2 rings (SSSR count). The van der Waals surface area contributed by atoms with Crippen molar-refractivity contribution in [2.75, 3.05) is 20.1 Å². The molecule has 0 saturated carbocycles. The summed E-state index contributed by atoms with van der Waals surface area (Å²) < 4.78 is 3.76. The summed E-state index contributed by atoms with van der Waals surface area (Å²) >= 11 is 1.23. The molecule has 1 N–H and O–H groups in total. The van der Waals surface area contributed by atoms with Gasteiger partial charge in [0.05, 0.1) is 0 Å². The van der Waals surface area contributed by atoms with Crippen molar-refractivity contribution in [3.05, 3.63) is 11.1 Å². The summed E-state index contributed by atoms with van der Waals surface area (Å²) in [6.45, 7) is 1.80. The van der Waals surface area contributed by atoms with E-state index in [4.69, 9.17) is 0 Å². The Morgan fingerprint density at radius 2 is 2.53 bits per heavy atom. The molecule has 1 fully saturated rings. The van der Waals surface area contributed by atoms with E-state index in [1.165, 1.54) is 18.0 Å². The third-order valence-corrected chi connectivity index (χ3v) is 3.70. The molecule has 1 aromatic heterocycles. The van der Waals surface area contributed by atoms with Crippen LogP contribution in [0.25, 0.3) is 0 Å². The number of nitrogens with zero attached hydrogens (tertiary/aromatic N) is 3. The van der Waals surface area contributed by atoms with Crippen LogP contribution < -0.4 is 5.32 Å². The van der Waals surface area contributed by atoms with Crippen molar-refractivity contribution < 1.29 is 4.79 Å².